The monoisotopic (exact) mass is 482 g/mol. The van der Waals surface area contributed by atoms with Crippen molar-refractivity contribution in [1.82, 2.24) is 9.97 Å². The van der Waals surface area contributed by atoms with Crippen molar-refractivity contribution in [3.05, 3.63) is 120 Å². The van der Waals surface area contributed by atoms with E-state index in [2.05, 4.69) is 42.5 Å². The lowest BCUT2D eigenvalue weighted by molar-refractivity contribution is 0.669. The summed E-state index contributed by atoms with van der Waals surface area (Å²) >= 11 is 6.15. The summed E-state index contributed by atoms with van der Waals surface area (Å²) in [4.78, 5) is 9.88. The molecule has 0 aliphatic heterocycles. The smallest absolute Gasteiger partial charge is 0.160 e. The van der Waals surface area contributed by atoms with Gasteiger partial charge in [0.15, 0.2) is 5.82 Å². The average Bonchev–Trinajstić information content (AvgIpc) is 3.32. The molecule has 2 heterocycles. The molecule has 0 saturated heterocycles. The van der Waals surface area contributed by atoms with Gasteiger partial charge < -0.3 is 4.42 Å². The lowest BCUT2D eigenvalue weighted by Crippen LogP contribution is -1.95. The predicted molar refractivity (Wildman–Crippen MR) is 148 cm³/mol. The zero-order valence-electron chi connectivity index (χ0n) is 19.2. The molecule has 0 aliphatic carbocycles. The third-order valence-corrected chi connectivity index (χ3v) is 6.81. The fourth-order valence-corrected chi connectivity index (χ4v) is 4.91. The maximum absolute atomic E-state index is 6.20. The number of fused-ring (bicyclic) bond motifs is 5. The van der Waals surface area contributed by atoms with Crippen LogP contribution < -0.4 is 0 Å². The van der Waals surface area contributed by atoms with E-state index in [1.165, 1.54) is 10.8 Å². The highest BCUT2D eigenvalue weighted by Crippen LogP contribution is 2.37. The number of rotatable bonds is 3. The lowest BCUT2D eigenvalue weighted by atomic mass is 10.0. The van der Waals surface area contributed by atoms with Gasteiger partial charge in [0.05, 0.1) is 11.4 Å². The molecule has 0 N–H and O–H groups in total. The van der Waals surface area contributed by atoms with E-state index in [9.17, 15) is 0 Å². The summed E-state index contributed by atoms with van der Waals surface area (Å²) in [5.74, 6) is 0.681. The van der Waals surface area contributed by atoms with Gasteiger partial charge in [0.1, 0.15) is 11.2 Å². The number of hydrogen-bond donors (Lipinski definition) is 0. The van der Waals surface area contributed by atoms with Crippen LogP contribution in [0.15, 0.2) is 120 Å². The fourth-order valence-electron chi connectivity index (χ4n) is 4.79. The molecule has 5 aromatic carbocycles. The lowest BCUT2D eigenvalue weighted by Gasteiger charge is -2.10. The maximum atomic E-state index is 6.20. The van der Waals surface area contributed by atoms with Crippen molar-refractivity contribution in [2.45, 2.75) is 0 Å². The van der Waals surface area contributed by atoms with Crippen LogP contribution in [-0.4, -0.2) is 9.97 Å². The van der Waals surface area contributed by atoms with Gasteiger partial charge in [0, 0.05) is 32.5 Å². The minimum absolute atomic E-state index is 0.681. The first-order chi connectivity index (χ1) is 17.7. The van der Waals surface area contributed by atoms with Crippen molar-refractivity contribution in [1.29, 1.82) is 0 Å². The summed E-state index contributed by atoms with van der Waals surface area (Å²) in [5.41, 5.74) is 6.41. The summed E-state index contributed by atoms with van der Waals surface area (Å²) in [7, 11) is 0. The van der Waals surface area contributed by atoms with Crippen LogP contribution in [0.3, 0.4) is 0 Å². The molecule has 0 amide bonds. The standard InChI is InChI=1S/C32H19ClN2O/c33-24-14-10-21(11-15-24)27-19-28(35-32(34-27)22-7-2-1-3-8-22)23-13-16-29-26(18-23)31-25-9-5-4-6-20(25)12-17-30(31)36-29/h1-19H. The molecule has 170 valence electrons. The Balaban J connectivity index is 1.47. The van der Waals surface area contributed by atoms with E-state index in [0.717, 1.165) is 50.0 Å². The first-order valence-electron chi connectivity index (χ1n) is 11.8. The predicted octanol–water partition coefficient (Wildman–Crippen LogP) is 9.18. The Hall–Kier alpha value is -4.47. The van der Waals surface area contributed by atoms with E-state index in [4.69, 9.17) is 26.0 Å². The van der Waals surface area contributed by atoms with E-state index in [1.807, 2.05) is 72.8 Å². The van der Waals surface area contributed by atoms with E-state index < -0.39 is 0 Å². The van der Waals surface area contributed by atoms with E-state index in [1.54, 1.807) is 0 Å². The quantitative estimate of drug-likeness (QED) is 0.252. The minimum atomic E-state index is 0.681. The first kappa shape index (κ1) is 20.9. The van der Waals surface area contributed by atoms with Crippen LogP contribution in [0.5, 0.6) is 0 Å². The van der Waals surface area contributed by atoms with E-state index in [0.29, 0.717) is 10.8 Å². The highest BCUT2D eigenvalue weighted by molar-refractivity contribution is 6.30. The number of nitrogens with zero attached hydrogens (tertiary/aromatic N) is 2. The van der Waals surface area contributed by atoms with Crippen molar-refractivity contribution in [2.24, 2.45) is 0 Å². The summed E-state index contributed by atoms with van der Waals surface area (Å²) < 4.78 is 6.20. The molecule has 0 unspecified atom stereocenters. The highest BCUT2D eigenvalue weighted by atomic mass is 35.5. The molecule has 0 fully saturated rings. The van der Waals surface area contributed by atoms with Gasteiger partial charge in [0.2, 0.25) is 0 Å². The highest BCUT2D eigenvalue weighted by Gasteiger charge is 2.14. The van der Waals surface area contributed by atoms with Crippen LogP contribution in [0, 0.1) is 0 Å². The molecule has 7 rings (SSSR count). The molecule has 7 aromatic rings. The van der Waals surface area contributed by atoms with Gasteiger partial charge in [-0.2, -0.15) is 0 Å². The van der Waals surface area contributed by atoms with Crippen LogP contribution in [0.1, 0.15) is 0 Å². The molecule has 0 bridgehead atoms. The van der Waals surface area contributed by atoms with Crippen molar-refractivity contribution in [3.63, 3.8) is 0 Å². The van der Waals surface area contributed by atoms with Gasteiger partial charge in [-0.15, -0.1) is 0 Å². The number of aromatic nitrogens is 2. The number of halogens is 1. The molecule has 0 aliphatic rings. The van der Waals surface area contributed by atoms with Gasteiger partial charge in [-0.3, -0.25) is 0 Å². The van der Waals surface area contributed by atoms with Crippen LogP contribution in [-0.2, 0) is 0 Å². The molecule has 0 saturated carbocycles. The van der Waals surface area contributed by atoms with Crippen LogP contribution in [0.2, 0.25) is 5.02 Å². The van der Waals surface area contributed by atoms with Crippen molar-refractivity contribution in [2.75, 3.05) is 0 Å². The third kappa shape index (κ3) is 3.53. The Morgan fingerprint density at radius 1 is 0.528 bits per heavy atom. The zero-order valence-corrected chi connectivity index (χ0v) is 19.9. The summed E-state index contributed by atoms with van der Waals surface area (Å²) in [6, 6.07) is 38.7. The number of hydrogen-bond acceptors (Lipinski definition) is 3. The van der Waals surface area contributed by atoms with Crippen LogP contribution >= 0.6 is 11.6 Å². The second-order valence-corrected chi connectivity index (χ2v) is 9.24. The SMILES string of the molecule is Clc1ccc(-c2cc(-c3ccc4oc5ccc6ccccc6c5c4c3)nc(-c3ccccc3)n2)cc1. The normalized spacial score (nSPS) is 11.5. The third-order valence-electron chi connectivity index (χ3n) is 6.55. The molecular weight excluding hydrogens is 464 g/mol. The molecule has 0 radical (unpaired) electrons. The molecule has 0 atom stereocenters. The minimum Gasteiger partial charge on any atom is -0.456 e. The average molecular weight is 483 g/mol. The topological polar surface area (TPSA) is 38.9 Å². The fraction of sp³-hybridized carbons (Fsp3) is 0. The number of benzene rings is 5. The van der Waals surface area contributed by atoms with Gasteiger partial charge in [-0.25, -0.2) is 9.97 Å². The largest absolute Gasteiger partial charge is 0.456 e. The maximum Gasteiger partial charge on any atom is 0.160 e. The van der Waals surface area contributed by atoms with Crippen molar-refractivity contribution < 1.29 is 4.42 Å². The Morgan fingerprint density at radius 3 is 2.06 bits per heavy atom. The molecule has 4 heteroatoms. The van der Waals surface area contributed by atoms with E-state index >= 15 is 0 Å². The Morgan fingerprint density at radius 2 is 1.22 bits per heavy atom. The second-order valence-electron chi connectivity index (χ2n) is 8.81. The Labute approximate surface area is 212 Å². The summed E-state index contributed by atoms with van der Waals surface area (Å²) in [6.07, 6.45) is 0. The van der Waals surface area contributed by atoms with Crippen molar-refractivity contribution in [3.8, 4) is 33.9 Å². The molecule has 2 aromatic heterocycles. The molecular formula is C32H19ClN2O. The second kappa shape index (κ2) is 8.33. The summed E-state index contributed by atoms with van der Waals surface area (Å²) in [6.45, 7) is 0. The molecule has 36 heavy (non-hydrogen) atoms. The number of furan rings is 1. The van der Waals surface area contributed by atoms with Crippen LogP contribution in [0.4, 0.5) is 0 Å². The van der Waals surface area contributed by atoms with Gasteiger partial charge >= 0.3 is 0 Å². The first-order valence-corrected chi connectivity index (χ1v) is 12.2. The Bertz CT molecular complexity index is 1890. The van der Waals surface area contributed by atoms with Crippen LogP contribution in [0.25, 0.3) is 66.6 Å². The van der Waals surface area contributed by atoms with E-state index in [-0.39, 0.29) is 0 Å². The molecule has 0 spiro atoms. The van der Waals surface area contributed by atoms with Gasteiger partial charge in [-0.05, 0) is 53.2 Å². The van der Waals surface area contributed by atoms with Gasteiger partial charge in [-0.1, -0.05) is 84.4 Å². The van der Waals surface area contributed by atoms with Gasteiger partial charge in [0.25, 0.3) is 0 Å². The molecule has 3 nitrogen and oxygen atoms in total. The zero-order chi connectivity index (χ0) is 24.1. The van der Waals surface area contributed by atoms with Crippen molar-refractivity contribution >= 4 is 44.3 Å². The summed E-state index contributed by atoms with van der Waals surface area (Å²) in [5, 5.41) is 5.27. The Kier molecular flexibility index (Phi) is 4.83.